The van der Waals surface area contributed by atoms with Crippen molar-refractivity contribution in [1.29, 1.82) is 0 Å². The molecule has 4 rings (SSSR count). The minimum absolute atomic E-state index is 0. The Hall–Kier alpha value is -1.84. The molecular formula is C22H26Cl2N2O. The van der Waals surface area contributed by atoms with Gasteiger partial charge in [0.15, 0.2) is 0 Å². The Morgan fingerprint density at radius 3 is 2.74 bits per heavy atom. The molecule has 0 amide bonds. The number of benzene rings is 1. The van der Waals surface area contributed by atoms with Gasteiger partial charge in [-0.05, 0) is 86.6 Å². The number of halogens is 2. The molecule has 27 heavy (non-hydrogen) atoms. The predicted molar refractivity (Wildman–Crippen MR) is 117 cm³/mol. The molecule has 1 aromatic heterocycles. The van der Waals surface area contributed by atoms with Crippen molar-refractivity contribution < 1.29 is 4.74 Å². The second-order valence-corrected chi connectivity index (χ2v) is 7.47. The zero-order valence-corrected chi connectivity index (χ0v) is 17.4. The molecule has 2 aliphatic rings. The van der Waals surface area contributed by atoms with Crippen molar-refractivity contribution in [3.63, 3.8) is 0 Å². The molecule has 0 saturated heterocycles. The molecule has 2 aliphatic heterocycles. The summed E-state index contributed by atoms with van der Waals surface area (Å²) in [5.74, 6) is 1.03. The highest BCUT2D eigenvalue weighted by Gasteiger charge is 2.26. The molecule has 0 spiro atoms. The number of fused-ring (bicyclic) bond motifs is 1. The van der Waals surface area contributed by atoms with Crippen LogP contribution in [-0.4, -0.2) is 22.8 Å². The largest absolute Gasteiger partial charge is 0.488 e. The SMILES string of the molecule is CC1(C)CCc2cc(C=C3CCCN=C3c3cccnc3)ccc2O1.Cl.Cl. The van der Waals surface area contributed by atoms with E-state index in [1.54, 1.807) is 6.20 Å². The van der Waals surface area contributed by atoms with Gasteiger partial charge in [0.1, 0.15) is 11.4 Å². The lowest BCUT2D eigenvalue weighted by Crippen LogP contribution is -2.32. The van der Waals surface area contributed by atoms with E-state index in [2.05, 4.69) is 49.2 Å². The smallest absolute Gasteiger partial charge is 0.123 e. The molecule has 2 aromatic rings. The summed E-state index contributed by atoms with van der Waals surface area (Å²) in [6.07, 6.45) is 10.3. The first-order valence-corrected chi connectivity index (χ1v) is 9.08. The third-order valence-corrected chi connectivity index (χ3v) is 4.92. The average Bonchev–Trinajstić information content (AvgIpc) is 2.63. The van der Waals surface area contributed by atoms with Gasteiger partial charge in [-0.15, -0.1) is 24.8 Å². The highest BCUT2D eigenvalue weighted by molar-refractivity contribution is 6.15. The number of rotatable bonds is 2. The normalized spacial score (nSPS) is 19.0. The van der Waals surface area contributed by atoms with Gasteiger partial charge in [0.05, 0.1) is 5.71 Å². The number of ether oxygens (including phenoxy) is 1. The van der Waals surface area contributed by atoms with Crippen molar-refractivity contribution in [3.8, 4) is 5.75 Å². The van der Waals surface area contributed by atoms with Crippen molar-refractivity contribution in [3.05, 3.63) is 65.0 Å². The van der Waals surface area contributed by atoms with E-state index >= 15 is 0 Å². The minimum Gasteiger partial charge on any atom is -0.488 e. The van der Waals surface area contributed by atoms with Crippen LogP contribution in [0.25, 0.3) is 6.08 Å². The zero-order valence-electron chi connectivity index (χ0n) is 15.8. The van der Waals surface area contributed by atoms with Gasteiger partial charge in [0, 0.05) is 24.5 Å². The van der Waals surface area contributed by atoms with E-state index in [1.807, 2.05) is 12.3 Å². The lowest BCUT2D eigenvalue weighted by Gasteiger charge is -2.32. The van der Waals surface area contributed by atoms with E-state index in [4.69, 9.17) is 9.73 Å². The van der Waals surface area contributed by atoms with Crippen molar-refractivity contribution in [2.45, 2.75) is 45.1 Å². The molecule has 0 saturated carbocycles. The molecule has 0 atom stereocenters. The van der Waals surface area contributed by atoms with Crippen molar-refractivity contribution in [2.24, 2.45) is 4.99 Å². The molecule has 0 unspecified atom stereocenters. The number of hydrogen-bond acceptors (Lipinski definition) is 3. The van der Waals surface area contributed by atoms with Gasteiger partial charge < -0.3 is 4.74 Å². The third-order valence-electron chi connectivity index (χ3n) is 4.92. The van der Waals surface area contributed by atoms with Crippen LogP contribution in [0.5, 0.6) is 5.75 Å². The molecule has 0 fully saturated rings. The summed E-state index contributed by atoms with van der Waals surface area (Å²) in [6, 6.07) is 10.6. The number of pyridine rings is 1. The zero-order chi connectivity index (χ0) is 17.3. The highest BCUT2D eigenvalue weighted by Crippen LogP contribution is 2.34. The number of aliphatic imine (C=N–C) groups is 1. The lowest BCUT2D eigenvalue weighted by atomic mass is 9.91. The Balaban J connectivity index is 0.00000131. The topological polar surface area (TPSA) is 34.5 Å². The van der Waals surface area contributed by atoms with Crippen molar-refractivity contribution in [1.82, 2.24) is 4.98 Å². The number of aromatic nitrogens is 1. The van der Waals surface area contributed by atoms with E-state index < -0.39 is 0 Å². The van der Waals surface area contributed by atoms with Crippen LogP contribution in [0.3, 0.4) is 0 Å². The summed E-state index contributed by atoms with van der Waals surface area (Å²) in [4.78, 5) is 9.02. The molecule has 5 heteroatoms. The number of aryl methyl sites for hydroxylation is 1. The van der Waals surface area contributed by atoms with Crippen LogP contribution in [0, 0.1) is 0 Å². The molecule has 0 aliphatic carbocycles. The third kappa shape index (κ3) is 4.91. The van der Waals surface area contributed by atoms with Gasteiger partial charge >= 0.3 is 0 Å². The van der Waals surface area contributed by atoms with Crippen LogP contribution in [0.2, 0.25) is 0 Å². The summed E-state index contributed by atoms with van der Waals surface area (Å²) in [7, 11) is 0. The van der Waals surface area contributed by atoms with Crippen molar-refractivity contribution >= 4 is 36.6 Å². The summed E-state index contributed by atoms with van der Waals surface area (Å²) < 4.78 is 6.10. The summed E-state index contributed by atoms with van der Waals surface area (Å²) in [6.45, 7) is 5.21. The Kier molecular flexibility index (Phi) is 7.07. The lowest BCUT2D eigenvalue weighted by molar-refractivity contribution is 0.0847. The van der Waals surface area contributed by atoms with E-state index in [-0.39, 0.29) is 30.4 Å². The highest BCUT2D eigenvalue weighted by atomic mass is 35.5. The molecule has 0 N–H and O–H groups in total. The van der Waals surface area contributed by atoms with Crippen LogP contribution in [0.15, 0.2) is 53.3 Å². The standard InChI is InChI=1S/C22H24N2O.2ClH/c1-22(2)10-9-17-13-16(7-8-20(17)25-22)14-18-5-4-12-24-21(18)19-6-3-11-23-15-19;;/h3,6-8,11,13-15H,4-5,9-10,12H2,1-2H3;2*1H. The van der Waals surface area contributed by atoms with Gasteiger partial charge in [-0.1, -0.05) is 6.07 Å². The van der Waals surface area contributed by atoms with E-state index in [9.17, 15) is 0 Å². The molecule has 3 heterocycles. The average molecular weight is 405 g/mol. The molecule has 1 aromatic carbocycles. The van der Waals surface area contributed by atoms with Gasteiger partial charge in [-0.3, -0.25) is 9.98 Å². The Labute approximate surface area is 173 Å². The Morgan fingerprint density at radius 1 is 1.11 bits per heavy atom. The maximum Gasteiger partial charge on any atom is 0.123 e. The maximum absolute atomic E-state index is 6.10. The fourth-order valence-electron chi connectivity index (χ4n) is 3.57. The van der Waals surface area contributed by atoms with Crippen LogP contribution in [-0.2, 0) is 6.42 Å². The number of hydrogen-bond donors (Lipinski definition) is 0. The first kappa shape index (κ1) is 21.5. The van der Waals surface area contributed by atoms with Crippen LogP contribution in [0.4, 0.5) is 0 Å². The molecule has 144 valence electrons. The maximum atomic E-state index is 6.10. The van der Waals surface area contributed by atoms with E-state index in [1.165, 1.54) is 16.7 Å². The van der Waals surface area contributed by atoms with Gasteiger partial charge in [0.25, 0.3) is 0 Å². The first-order valence-electron chi connectivity index (χ1n) is 9.08. The molecule has 0 radical (unpaired) electrons. The van der Waals surface area contributed by atoms with Crippen molar-refractivity contribution in [2.75, 3.05) is 6.54 Å². The fraction of sp³-hybridized carbons (Fsp3) is 0.364. The monoisotopic (exact) mass is 404 g/mol. The quantitative estimate of drug-likeness (QED) is 0.643. The molecule has 3 nitrogen and oxygen atoms in total. The second-order valence-electron chi connectivity index (χ2n) is 7.47. The summed E-state index contributed by atoms with van der Waals surface area (Å²) in [5.41, 5.74) is 5.98. The van der Waals surface area contributed by atoms with E-state index in [0.717, 1.165) is 49.3 Å². The van der Waals surface area contributed by atoms with Gasteiger partial charge in [-0.2, -0.15) is 0 Å². The first-order chi connectivity index (χ1) is 12.1. The molecular weight excluding hydrogens is 379 g/mol. The second kappa shape index (κ2) is 8.90. The predicted octanol–water partition coefficient (Wildman–Crippen LogP) is 5.70. The minimum atomic E-state index is -0.0590. The summed E-state index contributed by atoms with van der Waals surface area (Å²) in [5, 5.41) is 0. The number of nitrogens with zero attached hydrogens (tertiary/aromatic N) is 2. The van der Waals surface area contributed by atoms with Gasteiger partial charge in [-0.25, -0.2) is 0 Å². The Bertz CT molecular complexity index is 845. The van der Waals surface area contributed by atoms with Crippen LogP contribution < -0.4 is 4.74 Å². The van der Waals surface area contributed by atoms with Crippen LogP contribution >= 0.6 is 24.8 Å². The molecule has 0 bridgehead atoms. The van der Waals surface area contributed by atoms with Gasteiger partial charge in [0.2, 0.25) is 0 Å². The fourth-order valence-corrected chi connectivity index (χ4v) is 3.57. The Morgan fingerprint density at radius 2 is 1.96 bits per heavy atom. The summed E-state index contributed by atoms with van der Waals surface area (Å²) >= 11 is 0. The number of allylic oxidation sites excluding steroid dienone is 1. The van der Waals surface area contributed by atoms with Crippen LogP contribution in [0.1, 0.15) is 49.8 Å². The van der Waals surface area contributed by atoms with E-state index in [0.29, 0.717) is 0 Å².